The number of rotatable bonds is 9. The maximum absolute atomic E-state index is 12.2. The van der Waals surface area contributed by atoms with Crippen LogP contribution in [0.2, 0.25) is 5.02 Å². The summed E-state index contributed by atoms with van der Waals surface area (Å²) in [6, 6.07) is 14.5. The molecule has 2 aromatic carbocycles. The SMILES string of the molecule is CC(C)(C)Sc1c(CC(C)(C)C(=O)O)n(Cc2ccc(Cl)cc2)c2ccc(OC[C@H]3CCCN3)cc12. The zero-order chi connectivity index (χ0) is 26.1. The van der Waals surface area contributed by atoms with Gasteiger partial charge in [-0.2, -0.15) is 0 Å². The predicted molar refractivity (Wildman–Crippen MR) is 150 cm³/mol. The molecule has 3 aromatic rings. The van der Waals surface area contributed by atoms with E-state index in [1.807, 2.05) is 30.3 Å². The van der Waals surface area contributed by atoms with Gasteiger partial charge in [-0.1, -0.05) is 44.5 Å². The first-order chi connectivity index (χ1) is 16.9. The van der Waals surface area contributed by atoms with Gasteiger partial charge in [-0.25, -0.2) is 0 Å². The molecule has 2 heterocycles. The van der Waals surface area contributed by atoms with E-state index in [0.29, 0.717) is 30.6 Å². The number of nitrogens with zero attached hydrogens (tertiary/aromatic N) is 1. The average Bonchev–Trinajstić information content (AvgIpc) is 3.41. The smallest absolute Gasteiger partial charge is 0.309 e. The zero-order valence-corrected chi connectivity index (χ0v) is 23.4. The molecule has 0 spiro atoms. The highest BCUT2D eigenvalue weighted by atomic mass is 35.5. The van der Waals surface area contributed by atoms with E-state index in [0.717, 1.165) is 45.8 Å². The molecule has 5 nitrogen and oxygen atoms in total. The predicted octanol–water partition coefficient (Wildman–Crippen LogP) is 7.02. The van der Waals surface area contributed by atoms with E-state index in [4.69, 9.17) is 16.3 Å². The van der Waals surface area contributed by atoms with E-state index in [-0.39, 0.29) is 4.75 Å². The Morgan fingerprint density at radius 1 is 1.17 bits per heavy atom. The second-order valence-electron chi connectivity index (χ2n) is 11.4. The van der Waals surface area contributed by atoms with E-state index in [1.165, 1.54) is 6.42 Å². The molecule has 0 amide bonds. The van der Waals surface area contributed by atoms with Crippen molar-refractivity contribution < 1.29 is 14.6 Å². The topological polar surface area (TPSA) is 63.5 Å². The number of thioether (sulfide) groups is 1. The van der Waals surface area contributed by atoms with Gasteiger partial charge in [-0.15, -0.1) is 11.8 Å². The Balaban J connectivity index is 1.83. The summed E-state index contributed by atoms with van der Waals surface area (Å²) in [6.45, 7) is 12.5. The number of aliphatic carboxylic acids is 1. The number of aromatic nitrogens is 1. The monoisotopic (exact) mass is 528 g/mol. The van der Waals surface area contributed by atoms with Crippen molar-refractivity contribution in [1.29, 1.82) is 0 Å². The van der Waals surface area contributed by atoms with E-state index in [2.05, 4.69) is 42.8 Å². The van der Waals surface area contributed by atoms with E-state index in [9.17, 15) is 9.90 Å². The van der Waals surface area contributed by atoms with E-state index < -0.39 is 11.4 Å². The number of carboxylic acids is 1. The molecule has 1 saturated heterocycles. The van der Waals surface area contributed by atoms with Crippen LogP contribution in [0, 0.1) is 5.41 Å². The summed E-state index contributed by atoms with van der Waals surface area (Å²) in [5, 5.41) is 15.3. The van der Waals surface area contributed by atoms with Crippen LogP contribution in [-0.2, 0) is 17.8 Å². The van der Waals surface area contributed by atoms with E-state index >= 15 is 0 Å². The highest BCUT2D eigenvalue weighted by Gasteiger charge is 2.33. The summed E-state index contributed by atoms with van der Waals surface area (Å²) >= 11 is 7.93. The van der Waals surface area contributed by atoms with Crippen LogP contribution in [0.1, 0.15) is 58.7 Å². The molecule has 1 fully saturated rings. The molecule has 1 atom stereocenters. The molecule has 194 valence electrons. The van der Waals surface area contributed by atoms with Gasteiger partial charge >= 0.3 is 5.97 Å². The second kappa shape index (κ2) is 10.7. The fourth-order valence-electron chi connectivity index (χ4n) is 4.58. The highest BCUT2D eigenvalue weighted by molar-refractivity contribution is 8.00. The average molecular weight is 529 g/mol. The molecule has 0 bridgehead atoms. The van der Waals surface area contributed by atoms with Gasteiger partial charge in [0.1, 0.15) is 12.4 Å². The standard InChI is InChI=1S/C29H37ClN2O3S/c1-28(2,3)36-26-23-15-22(35-18-21-7-6-14-31-21)12-13-24(23)32(17-19-8-10-20(30)11-9-19)25(26)16-29(4,5)27(33)34/h8-13,15,21,31H,6-7,14,16-18H2,1-5H3,(H,33,34)/t21-/m1/s1. The van der Waals surface area contributed by atoms with E-state index in [1.54, 1.807) is 25.6 Å². The molecular weight excluding hydrogens is 492 g/mol. The van der Waals surface area contributed by atoms with Crippen LogP contribution in [0.15, 0.2) is 47.4 Å². The number of carbonyl (C=O) groups is 1. The van der Waals surface area contributed by atoms with Crippen LogP contribution in [0.3, 0.4) is 0 Å². The third-order valence-corrected chi connectivity index (χ3v) is 8.08. The molecule has 0 saturated carbocycles. The molecule has 0 unspecified atom stereocenters. The minimum Gasteiger partial charge on any atom is -0.492 e. The van der Waals surface area contributed by atoms with Gasteiger partial charge in [0, 0.05) is 50.3 Å². The van der Waals surface area contributed by atoms with Crippen molar-refractivity contribution in [2.75, 3.05) is 13.2 Å². The molecule has 7 heteroatoms. The maximum atomic E-state index is 12.2. The number of fused-ring (bicyclic) bond motifs is 1. The third-order valence-electron chi connectivity index (χ3n) is 6.56. The normalized spacial score (nSPS) is 16.6. The quantitative estimate of drug-likeness (QED) is 0.292. The Morgan fingerprint density at radius 3 is 2.50 bits per heavy atom. The number of hydrogen-bond donors (Lipinski definition) is 2. The molecular formula is C29H37ClN2O3S. The molecule has 1 aliphatic heterocycles. The number of nitrogens with one attached hydrogen (secondary N) is 1. The summed E-state index contributed by atoms with van der Waals surface area (Å²) in [5.74, 6) is 0.0465. The maximum Gasteiger partial charge on any atom is 0.309 e. The first-order valence-electron chi connectivity index (χ1n) is 12.6. The lowest BCUT2D eigenvalue weighted by atomic mass is 9.88. The van der Waals surface area contributed by atoms with Crippen molar-refractivity contribution in [3.05, 3.63) is 58.7 Å². The Kier molecular flexibility index (Phi) is 7.98. The summed E-state index contributed by atoms with van der Waals surface area (Å²) < 4.78 is 8.44. The lowest BCUT2D eigenvalue weighted by Crippen LogP contribution is -2.28. The van der Waals surface area contributed by atoms with Crippen LogP contribution in [0.25, 0.3) is 10.9 Å². The molecule has 0 aliphatic carbocycles. The Hall–Kier alpha value is -2.15. The zero-order valence-electron chi connectivity index (χ0n) is 21.9. The second-order valence-corrected chi connectivity index (χ2v) is 13.6. The molecule has 1 aliphatic rings. The lowest BCUT2D eigenvalue weighted by molar-refractivity contribution is -0.146. The number of halogens is 1. The van der Waals surface area contributed by atoms with Gasteiger partial charge in [-0.05, 0) is 69.1 Å². The van der Waals surface area contributed by atoms with Crippen LogP contribution >= 0.6 is 23.4 Å². The minimum absolute atomic E-state index is 0.0495. The Bertz CT molecular complexity index is 1220. The fourth-order valence-corrected chi connectivity index (χ4v) is 5.90. The van der Waals surface area contributed by atoms with Crippen molar-refractivity contribution in [1.82, 2.24) is 9.88 Å². The van der Waals surface area contributed by atoms with Gasteiger partial charge in [0.05, 0.1) is 5.41 Å². The van der Waals surface area contributed by atoms with Gasteiger partial charge in [0.25, 0.3) is 0 Å². The molecule has 2 N–H and O–H groups in total. The first kappa shape index (κ1) is 26.9. The van der Waals surface area contributed by atoms with Crippen LogP contribution in [0.4, 0.5) is 0 Å². The van der Waals surface area contributed by atoms with Crippen molar-refractivity contribution in [2.45, 2.75) is 76.1 Å². The van der Waals surface area contributed by atoms with Crippen LogP contribution in [-0.4, -0.2) is 39.6 Å². The Labute approximate surface area is 223 Å². The van der Waals surface area contributed by atoms with Crippen molar-refractivity contribution in [2.24, 2.45) is 5.41 Å². The molecule has 36 heavy (non-hydrogen) atoms. The number of benzene rings is 2. The summed E-state index contributed by atoms with van der Waals surface area (Å²) in [6.07, 6.45) is 2.75. The summed E-state index contributed by atoms with van der Waals surface area (Å²) in [4.78, 5) is 13.3. The minimum atomic E-state index is -0.910. The van der Waals surface area contributed by atoms with Crippen molar-refractivity contribution in [3.8, 4) is 5.75 Å². The lowest BCUT2D eigenvalue weighted by Gasteiger charge is -2.24. The fraction of sp³-hybridized carbons (Fsp3) is 0.483. The van der Waals surface area contributed by atoms with Crippen molar-refractivity contribution >= 4 is 40.2 Å². The number of ether oxygens (including phenoxy) is 1. The Morgan fingerprint density at radius 2 is 1.89 bits per heavy atom. The third kappa shape index (κ3) is 6.39. The largest absolute Gasteiger partial charge is 0.492 e. The number of carboxylic acid groups (broad SMARTS) is 1. The molecule has 1 aromatic heterocycles. The summed E-state index contributed by atoms with van der Waals surface area (Å²) in [5.41, 5.74) is 2.33. The molecule has 0 radical (unpaired) electrons. The van der Waals surface area contributed by atoms with Crippen LogP contribution < -0.4 is 10.1 Å². The van der Waals surface area contributed by atoms with Gasteiger partial charge < -0.3 is 19.7 Å². The first-order valence-corrected chi connectivity index (χ1v) is 13.8. The van der Waals surface area contributed by atoms with Crippen LogP contribution in [0.5, 0.6) is 5.75 Å². The van der Waals surface area contributed by atoms with Gasteiger partial charge in [0.15, 0.2) is 0 Å². The van der Waals surface area contributed by atoms with Gasteiger partial charge in [0.2, 0.25) is 0 Å². The highest BCUT2D eigenvalue weighted by Crippen LogP contribution is 2.44. The van der Waals surface area contributed by atoms with Crippen molar-refractivity contribution in [3.63, 3.8) is 0 Å². The van der Waals surface area contributed by atoms with Gasteiger partial charge in [-0.3, -0.25) is 4.79 Å². The summed E-state index contributed by atoms with van der Waals surface area (Å²) in [7, 11) is 0. The number of hydrogen-bond acceptors (Lipinski definition) is 4. The molecule has 4 rings (SSSR count).